The summed E-state index contributed by atoms with van der Waals surface area (Å²) in [6, 6.07) is 15.2. The molecule has 2 aliphatic rings. The van der Waals surface area contributed by atoms with E-state index in [0.717, 1.165) is 22.3 Å². The van der Waals surface area contributed by atoms with Gasteiger partial charge in [-0.15, -0.1) is 0 Å². The average Bonchev–Trinajstić information content (AvgIpc) is 2.96. The summed E-state index contributed by atoms with van der Waals surface area (Å²) in [6.07, 6.45) is 6.23. The molecule has 3 N–H and O–H groups in total. The molecule has 1 saturated heterocycles. The monoisotopic (exact) mass is 560 g/mol. The summed E-state index contributed by atoms with van der Waals surface area (Å²) < 4.78 is 11.1. The summed E-state index contributed by atoms with van der Waals surface area (Å²) >= 11 is 0. The normalized spacial score (nSPS) is 18.9. The molecule has 0 saturated carbocycles. The fourth-order valence-corrected chi connectivity index (χ4v) is 5.03. The molecule has 2 aromatic carbocycles. The topological polar surface area (TPSA) is 114 Å². The van der Waals surface area contributed by atoms with Crippen molar-refractivity contribution >= 4 is 18.1 Å². The van der Waals surface area contributed by atoms with E-state index in [-0.39, 0.29) is 17.4 Å². The Morgan fingerprint density at radius 1 is 0.951 bits per heavy atom. The molecule has 3 amide bonds. The van der Waals surface area contributed by atoms with E-state index < -0.39 is 11.7 Å². The number of rotatable bonds is 7. The summed E-state index contributed by atoms with van der Waals surface area (Å²) in [6.45, 7) is 10.1. The highest BCUT2D eigenvalue weighted by Gasteiger charge is 2.31. The zero-order valence-electron chi connectivity index (χ0n) is 24.3. The van der Waals surface area contributed by atoms with Crippen LogP contribution < -0.4 is 15.8 Å². The molecule has 2 aromatic rings. The number of amides is 3. The third kappa shape index (κ3) is 7.55. The largest absolute Gasteiger partial charge is 0.455 e. The lowest BCUT2D eigenvalue weighted by molar-refractivity contribution is -0.150. The van der Waals surface area contributed by atoms with E-state index in [1.807, 2.05) is 55.5 Å². The highest BCUT2D eigenvalue weighted by Crippen LogP contribution is 2.37. The minimum atomic E-state index is -0.629. The van der Waals surface area contributed by atoms with Gasteiger partial charge in [0.2, 0.25) is 0 Å². The molecule has 1 aliphatic heterocycles. The van der Waals surface area contributed by atoms with Crippen molar-refractivity contribution in [1.29, 1.82) is 0 Å². The number of carbonyl (C=O) groups is 3. The van der Waals surface area contributed by atoms with Gasteiger partial charge in [0.25, 0.3) is 0 Å². The standard InChI is InChI=1S/C32H40N4O5/c1-23(37)41-32(4)15-13-27(14-16-32)31(2,3)26-9-11-28(12-10-26)40-30(39)36-19-17-35(18-20-36)29(38)34-22-25-7-5-24(21-33)6-8-25/h5-15H,16-22,33H2,1-4H3,(H,34,38). The van der Waals surface area contributed by atoms with Gasteiger partial charge >= 0.3 is 18.1 Å². The van der Waals surface area contributed by atoms with Crippen molar-refractivity contribution in [3.8, 4) is 5.75 Å². The molecular weight excluding hydrogens is 520 g/mol. The fraction of sp³-hybridized carbons (Fsp3) is 0.406. The van der Waals surface area contributed by atoms with Crippen LogP contribution in [0.3, 0.4) is 0 Å². The second kappa shape index (κ2) is 12.6. The van der Waals surface area contributed by atoms with Gasteiger partial charge in [-0.25, -0.2) is 9.59 Å². The Morgan fingerprint density at radius 2 is 1.56 bits per heavy atom. The number of benzene rings is 2. The van der Waals surface area contributed by atoms with Crippen LogP contribution in [0.4, 0.5) is 9.59 Å². The molecular formula is C32H40N4O5. The molecule has 1 fully saturated rings. The van der Waals surface area contributed by atoms with Gasteiger partial charge in [0, 0.05) is 58.0 Å². The SMILES string of the molecule is CC(=O)OC1(C)C=CC(C(C)(C)c2ccc(OC(=O)N3CCN(C(=O)NCc4ccc(CN)cc4)CC3)cc2)=CC1. The van der Waals surface area contributed by atoms with Gasteiger partial charge in [0.05, 0.1) is 0 Å². The number of carbonyl (C=O) groups excluding carboxylic acids is 3. The summed E-state index contributed by atoms with van der Waals surface area (Å²) in [5.74, 6) is 0.165. The van der Waals surface area contributed by atoms with Crippen LogP contribution in [0.2, 0.25) is 0 Å². The Kier molecular flexibility index (Phi) is 9.18. The lowest BCUT2D eigenvalue weighted by Gasteiger charge is -2.34. The zero-order valence-corrected chi connectivity index (χ0v) is 24.3. The van der Waals surface area contributed by atoms with Crippen molar-refractivity contribution in [2.45, 2.75) is 58.2 Å². The summed E-state index contributed by atoms with van der Waals surface area (Å²) in [7, 11) is 0. The minimum Gasteiger partial charge on any atom is -0.455 e. The van der Waals surface area contributed by atoms with Gasteiger partial charge < -0.3 is 30.3 Å². The Morgan fingerprint density at radius 3 is 2.12 bits per heavy atom. The zero-order chi connectivity index (χ0) is 29.6. The van der Waals surface area contributed by atoms with Gasteiger partial charge in [-0.3, -0.25) is 4.79 Å². The van der Waals surface area contributed by atoms with Crippen LogP contribution in [0.25, 0.3) is 0 Å². The highest BCUT2D eigenvalue weighted by atomic mass is 16.6. The smallest absolute Gasteiger partial charge is 0.415 e. The quantitative estimate of drug-likeness (QED) is 0.476. The molecule has 9 nitrogen and oxygen atoms in total. The number of esters is 1. The molecule has 1 heterocycles. The van der Waals surface area contributed by atoms with Crippen molar-refractivity contribution in [1.82, 2.24) is 15.1 Å². The third-order valence-electron chi connectivity index (χ3n) is 7.75. The van der Waals surface area contributed by atoms with E-state index >= 15 is 0 Å². The van der Waals surface area contributed by atoms with Crippen molar-refractivity contribution in [3.05, 3.63) is 89.0 Å². The number of piperazine rings is 1. The number of nitrogens with two attached hydrogens (primary N) is 1. The summed E-state index contributed by atoms with van der Waals surface area (Å²) in [4.78, 5) is 40.1. The molecule has 0 radical (unpaired) electrons. The Hall–Kier alpha value is -4.11. The van der Waals surface area contributed by atoms with Crippen LogP contribution in [0.1, 0.15) is 50.8 Å². The van der Waals surface area contributed by atoms with Gasteiger partial charge in [0.15, 0.2) is 0 Å². The lowest BCUT2D eigenvalue weighted by atomic mass is 9.74. The Bertz CT molecular complexity index is 1310. The van der Waals surface area contributed by atoms with Crippen LogP contribution in [0.5, 0.6) is 5.75 Å². The van der Waals surface area contributed by atoms with E-state index in [1.54, 1.807) is 21.9 Å². The van der Waals surface area contributed by atoms with E-state index in [4.69, 9.17) is 15.2 Å². The van der Waals surface area contributed by atoms with Crippen LogP contribution in [-0.2, 0) is 28.0 Å². The van der Waals surface area contributed by atoms with Crippen molar-refractivity contribution in [3.63, 3.8) is 0 Å². The van der Waals surface area contributed by atoms with Crippen molar-refractivity contribution in [2.75, 3.05) is 26.2 Å². The predicted octanol–water partition coefficient (Wildman–Crippen LogP) is 4.66. The summed E-state index contributed by atoms with van der Waals surface area (Å²) in [5, 5.41) is 2.94. The van der Waals surface area contributed by atoms with Crippen LogP contribution in [-0.4, -0.2) is 59.7 Å². The number of ether oxygens (including phenoxy) is 2. The molecule has 0 bridgehead atoms. The number of nitrogens with one attached hydrogen (secondary N) is 1. The van der Waals surface area contributed by atoms with Crippen molar-refractivity contribution < 1.29 is 23.9 Å². The first kappa shape index (κ1) is 29.9. The van der Waals surface area contributed by atoms with Crippen molar-refractivity contribution in [2.24, 2.45) is 5.73 Å². The van der Waals surface area contributed by atoms with E-state index in [2.05, 4.69) is 25.2 Å². The maximum atomic E-state index is 12.8. The molecule has 1 atom stereocenters. The number of hydrogen-bond acceptors (Lipinski definition) is 6. The first-order valence-corrected chi connectivity index (χ1v) is 14.0. The molecule has 4 rings (SSSR count). The van der Waals surface area contributed by atoms with Gasteiger partial charge in [-0.1, -0.05) is 62.4 Å². The third-order valence-corrected chi connectivity index (χ3v) is 7.75. The lowest BCUT2D eigenvalue weighted by Crippen LogP contribution is -2.53. The van der Waals surface area contributed by atoms with Crippen LogP contribution >= 0.6 is 0 Å². The number of nitrogens with zero attached hydrogens (tertiary/aromatic N) is 2. The molecule has 1 unspecified atom stereocenters. The predicted molar refractivity (Wildman–Crippen MR) is 157 cm³/mol. The molecule has 1 aliphatic carbocycles. The Balaban J connectivity index is 1.25. The first-order chi connectivity index (χ1) is 19.5. The molecule has 218 valence electrons. The molecule has 9 heteroatoms. The number of hydrogen-bond donors (Lipinski definition) is 2. The van der Waals surface area contributed by atoms with Gasteiger partial charge in [-0.2, -0.15) is 0 Å². The van der Waals surface area contributed by atoms with E-state index in [1.165, 1.54) is 6.92 Å². The second-order valence-corrected chi connectivity index (χ2v) is 11.3. The highest BCUT2D eigenvalue weighted by molar-refractivity contribution is 5.75. The molecule has 0 spiro atoms. The van der Waals surface area contributed by atoms with Gasteiger partial charge in [-0.05, 0) is 47.4 Å². The summed E-state index contributed by atoms with van der Waals surface area (Å²) in [5.41, 5.74) is 8.95. The Labute approximate surface area is 242 Å². The minimum absolute atomic E-state index is 0.155. The number of urea groups is 1. The van der Waals surface area contributed by atoms with Crippen LogP contribution in [0, 0.1) is 0 Å². The maximum Gasteiger partial charge on any atom is 0.415 e. The second-order valence-electron chi connectivity index (χ2n) is 11.3. The average molecular weight is 561 g/mol. The molecule has 0 aromatic heterocycles. The molecule has 41 heavy (non-hydrogen) atoms. The maximum absolute atomic E-state index is 12.8. The fourth-order valence-electron chi connectivity index (χ4n) is 5.03. The van der Waals surface area contributed by atoms with E-state index in [0.29, 0.717) is 51.4 Å². The van der Waals surface area contributed by atoms with Crippen LogP contribution in [0.15, 0.2) is 72.3 Å². The van der Waals surface area contributed by atoms with E-state index in [9.17, 15) is 14.4 Å². The van der Waals surface area contributed by atoms with Gasteiger partial charge in [0.1, 0.15) is 11.4 Å². The number of allylic oxidation sites excluding steroid dienone is 2. The first-order valence-electron chi connectivity index (χ1n) is 14.0.